The molecule has 156 valence electrons. The molecule has 3 aromatic carbocycles. The maximum atomic E-state index is 12.9. The number of hydrogen-bond donors (Lipinski definition) is 2. The first-order valence-electron chi connectivity index (χ1n) is 9.55. The van der Waals surface area contributed by atoms with Crippen LogP contribution in [0.4, 0.5) is 0 Å². The Balaban J connectivity index is 1.61. The van der Waals surface area contributed by atoms with Crippen LogP contribution in [0, 0.1) is 0 Å². The molecule has 0 saturated carbocycles. The molecule has 2 amide bonds. The smallest absolute Gasteiger partial charge is 0.335 e. The Labute approximate surface area is 179 Å². The average Bonchev–Trinajstić information content (AvgIpc) is 2.79. The van der Waals surface area contributed by atoms with Gasteiger partial charge in [-0.3, -0.25) is 19.4 Å². The highest BCUT2D eigenvalue weighted by Gasteiger charge is 2.32. The maximum absolute atomic E-state index is 12.9. The Morgan fingerprint density at radius 1 is 0.812 bits per heavy atom. The van der Waals surface area contributed by atoms with Crippen molar-refractivity contribution in [1.29, 1.82) is 0 Å². The van der Waals surface area contributed by atoms with Crippen molar-refractivity contribution in [1.82, 2.24) is 14.6 Å². The molecule has 1 aliphatic heterocycles. The highest BCUT2D eigenvalue weighted by atomic mass is 16.3. The van der Waals surface area contributed by atoms with Gasteiger partial charge in [-0.25, -0.2) is 9.36 Å². The number of H-pyrrole nitrogens is 1. The van der Waals surface area contributed by atoms with Crippen LogP contribution in [0.1, 0.15) is 26.3 Å². The first-order chi connectivity index (χ1) is 15.5. The number of hydrazone groups is 1. The monoisotopic (exact) mass is 426 g/mol. The van der Waals surface area contributed by atoms with Crippen molar-refractivity contribution in [3.8, 4) is 11.6 Å². The van der Waals surface area contributed by atoms with Gasteiger partial charge in [0.15, 0.2) is 0 Å². The number of aromatic amines is 1. The molecule has 0 saturated heterocycles. The minimum atomic E-state index is -0.914. The predicted molar refractivity (Wildman–Crippen MR) is 116 cm³/mol. The molecular formula is C23H14N4O5. The molecule has 1 aliphatic rings. The zero-order valence-corrected chi connectivity index (χ0v) is 16.4. The number of aromatic nitrogens is 2. The lowest BCUT2D eigenvalue weighted by atomic mass is 9.95. The lowest BCUT2D eigenvalue weighted by Crippen LogP contribution is -2.37. The fraction of sp³-hybridized carbons (Fsp3) is 0. The fourth-order valence-electron chi connectivity index (χ4n) is 3.71. The van der Waals surface area contributed by atoms with Crippen LogP contribution in [-0.2, 0) is 0 Å². The summed E-state index contributed by atoms with van der Waals surface area (Å²) in [7, 11) is 0. The third kappa shape index (κ3) is 2.83. The van der Waals surface area contributed by atoms with Crippen molar-refractivity contribution < 1.29 is 14.7 Å². The number of nitrogens with zero attached hydrogens (tertiary/aromatic N) is 3. The van der Waals surface area contributed by atoms with Gasteiger partial charge in [-0.05, 0) is 29.7 Å². The molecule has 4 aromatic rings. The van der Waals surface area contributed by atoms with Gasteiger partial charge in [0.2, 0.25) is 5.88 Å². The third-order valence-electron chi connectivity index (χ3n) is 5.19. The summed E-state index contributed by atoms with van der Waals surface area (Å²) in [6.07, 6.45) is 0.886. The van der Waals surface area contributed by atoms with Crippen molar-refractivity contribution in [2.45, 2.75) is 0 Å². The number of aromatic hydroxyl groups is 1. The van der Waals surface area contributed by atoms with Gasteiger partial charge < -0.3 is 5.11 Å². The van der Waals surface area contributed by atoms with E-state index in [1.54, 1.807) is 66.7 Å². The number of carbonyl (C=O) groups is 2. The first-order valence-corrected chi connectivity index (χ1v) is 9.55. The second-order valence-corrected chi connectivity index (χ2v) is 7.04. The van der Waals surface area contributed by atoms with Crippen LogP contribution >= 0.6 is 0 Å². The van der Waals surface area contributed by atoms with Gasteiger partial charge >= 0.3 is 5.69 Å². The average molecular weight is 426 g/mol. The predicted octanol–water partition coefficient (Wildman–Crippen LogP) is 2.01. The van der Waals surface area contributed by atoms with Crippen LogP contribution in [0.2, 0.25) is 0 Å². The molecule has 0 aliphatic carbocycles. The van der Waals surface area contributed by atoms with Crippen LogP contribution < -0.4 is 11.2 Å². The molecular weight excluding hydrogens is 412 g/mol. The number of benzene rings is 3. The number of hydrogen-bond acceptors (Lipinski definition) is 6. The van der Waals surface area contributed by atoms with E-state index >= 15 is 0 Å². The van der Waals surface area contributed by atoms with Gasteiger partial charge in [-0.15, -0.1) is 0 Å². The second kappa shape index (κ2) is 7.17. The Kier molecular flexibility index (Phi) is 4.30. The highest BCUT2D eigenvalue weighted by Crippen LogP contribution is 2.30. The molecule has 0 unspecified atom stereocenters. The SMILES string of the molecule is O=C1c2cccc3cccc(c23)C(=O)N1N=Cc1c(O)n(-c2ccccc2)c(=O)[nH]c1=O. The van der Waals surface area contributed by atoms with E-state index in [2.05, 4.69) is 10.1 Å². The van der Waals surface area contributed by atoms with Crippen molar-refractivity contribution >= 4 is 28.8 Å². The third-order valence-corrected chi connectivity index (χ3v) is 5.19. The molecule has 2 N–H and O–H groups in total. The lowest BCUT2D eigenvalue weighted by Gasteiger charge is -2.23. The van der Waals surface area contributed by atoms with E-state index in [0.717, 1.165) is 16.2 Å². The molecule has 0 radical (unpaired) electrons. The fourth-order valence-corrected chi connectivity index (χ4v) is 3.71. The Hall–Kier alpha value is -4.79. The molecule has 9 heteroatoms. The van der Waals surface area contributed by atoms with E-state index in [9.17, 15) is 24.3 Å². The van der Waals surface area contributed by atoms with Crippen molar-refractivity contribution in [3.63, 3.8) is 0 Å². The molecule has 0 atom stereocenters. The normalized spacial score (nSPS) is 13.3. The standard InChI is InChI=1S/C23H14N4O5/c28-19-17(20(29)26(23(32)25-19)14-8-2-1-3-9-14)12-24-27-21(30)15-10-4-6-13-7-5-11-16(18(13)15)22(27)31/h1-12,29H,(H,25,28,32). The van der Waals surface area contributed by atoms with E-state index in [4.69, 9.17) is 0 Å². The molecule has 5 rings (SSSR count). The second-order valence-electron chi connectivity index (χ2n) is 7.04. The van der Waals surface area contributed by atoms with Crippen molar-refractivity contribution in [3.05, 3.63) is 104 Å². The van der Waals surface area contributed by atoms with Gasteiger partial charge in [0, 0.05) is 5.39 Å². The topological polar surface area (TPSA) is 125 Å². The Morgan fingerprint density at radius 2 is 1.44 bits per heavy atom. The number of para-hydroxylation sites is 1. The van der Waals surface area contributed by atoms with Crippen LogP contribution in [-0.4, -0.2) is 37.7 Å². The molecule has 2 heterocycles. The molecule has 32 heavy (non-hydrogen) atoms. The summed E-state index contributed by atoms with van der Waals surface area (Å²) in [5.41, 5.74) is -1.24. The number of carbonyl (C=O) groups excluding carboxylic acids is 2. The summed E-state index contributed by atoms with van der Waals surface area (Å²) in [5, 5.41) is 16.4. The van der Waals surface area contributed by atoms with E-state index in [-0.39, 0.29) is 5.56 Å². The summed E-state index contributed by atoms with van der Waals surface area (Å²) in [4.78, 5) is 52.5. The van der Waals surface area contributed by atoms with E-state index in [1.807, 2.05) is 0 Å². The van der Waals surface area contributed by atoms with Crippen molar-refractivity contribution in [2.24, 2.45) is 5.10 Å². The van der Waals surface area contributed by atoms with Crippen LogP contribution in [0.5, 0.6) is 5.88 Å². The summed E-state index contributed by atoms with van der Waals surface area (Å²) in [5.74, 6) is -2.00. The van der Waals surface area contributed by atoms with Crippen LogP contribution in [0.3, 0.4) is 0 Å². The largest absolute Gasteiger partial charge is 0.493 e. The quantitative estimate of drug-likeness (QED) is 0.383. The Bertz CT molecular complexity index is 1520. The van der Waals surface area contributed by atoms with Gasteiger partial charge in [0.1, 0.15) is 5.56 Å². The molecule has 0 fully saturated rings. The summed E-state index contributed by atoms with van der Waals surface area (Å²) >= 11 is 0. The van der Waals surface area contributed by atoms with Crippen molar-refractivity contribution in [2.75, 3.05) is 0 Å². The zero-order valence-electron chi connectivity index (χ0n) is 16.4. The summed E-state index contributed by atoms with van der Waals surface area (Å²) in [6, 6.07) is 18.3. The zero-order chi connectivity index (χ0) is 22.4. The molecule has 1 aromatic heterocycles. The van der Waals surface area contributed by atoms with Crippen LogP contribution in [0.15, 0.2) is 81.4 Å². The van der Waals surface area contributed by atoms with Gasteiger partial charge in [-0.2, -0.15) is 10.1 Å². The van der Waals surface area contributed by atoms with Gasteiger partial charge in [0.05, 0.1) is 23.0 Å². The van der Waals surface area contributed by atoms with Gasteiger partial charge in [-0.1, -0.05) is 42.5 Å². The highest BCUT2D eigenvalue weighted by molar-refractivity contribution is 6.25. The van der Waals surface area contributed by atoms with E-state index < -0.39 is 28.9 Å². The minimum Gasteiger partial charge on any atom is -0.493 e. The first kappa shape index (κ1) is 19.2. The number of rotatable bonds is 3. The number of amides is 2. The van der Waals surface area contributed by atoms with Gasteiger partial charge in [0.25, 0.3) is 17.4 Å². The van der Waals surface area contributed by atoms with E-state index in [0.29, 0.717) is 27.2 Å². The Morgan fingerprint density at radius 3 is 2.06 bits per heavy atom. The maximum Gasteiger partial charge on any atom is 0.335 e. The number of imide groups is 1. The van der Waals surface area contributed by atoms with Crippen LogP contribution in [0.25, 0.3) is 16.5 Å². The summed E-state index contributed by atoms with van der Waals surface area (Å²) in [6.45, 7) is 0. The lowest BCUT2D eigenvalue weighted by molar-refractivity contribution is 0.0616. The molecule has 0 spiro atoms. The van der Waals surface area contributed by atoms with E-state index in [1.165, 1.54) is 0 Å². The molecule has 0 bridgehead atoms. The molecule has 9 nitrogen and oxygen atoms in total. The number of nitrogens with one attached hydrogen (secondary N) is 1. The minimum absolute atomic E-state index is 0.294. The summed E-state index contributed by atoms with van der Waals surface area (Å²) < 4.78 is 0.888.